The lowest BCUT2D eigenvalue weighted by molar-refractivity contribution is 0.0159. The highest BCUT2D eigenvalue weighted by atomic mass is 16.6. The molecule has 1 aliphatic rings. The molecule has 36 heavy (non-hydrogen) atoms. The average Bonchev–Trinajstić information content (AvgIpc) is 2.65. The van der Waals surface area contributed by atoms with Crippen molar-refractivity contribution in [2.45, 2.75) is 85.5 Å². The second-order valence-corrected chi connectivity index (χ2v) is 12.1. The van der Waals surface area contributed by atoms with E-state index in [1.807, 2.05) is 44.7 Å². The van der Waals surface area contributed by atoms with E-state index in [0.29, 0.717) is 39.1 Å². The number of hydrogen-bond donors (Lipinski definition) is 0. The van der Waals surface area contributed by atoms with Crippen molar-refractivity contribution in [2.24, 2.45) is 4.99 Å². The van der Waals surface area contributed by atoms with E-state index in [1.165, 1.54) is 4.90 Å². The second kappa shape index (κ2) is 12.6. The number of amides is 3. The quantitative estimate of drug-likeness (QED) is 0.315. The molecule has 11 heteroatoms. The molecule has 1 fully saturated rings. The van der Waals surface area contributed by atoms with Gasteiger partial charge in [-0.05, 0) is 89.4 Å². The molecule has 0 N–H and O–H groups in total. The smallest absolute Gasteiger partial charge is 0.437 e. The first-order valence-electron chi connectivity index (χ1n) is 12.5. The lowest BCUT2D eigenvalue weighted by atomic mass is 10.2. The third kappa shape index (κ3) is 12.4. The average molecular weight is 514 g/mol. The molecule has 0 saturated carbocycles. The van der Waals surface area contributed by atoms with Gasteiger partial charge in [0.2, 0.25) is 5.96 Å². The van der Waals surface area contributed by atoms with Gasteiger partial charge in [0.15, 0.2) is 0 Å². The fourth-order valence-corrected chi connectivity index (χ4v) is 3.22. The zero-order valence-electron chi connectivity index (χ0n) is 24.1. The maximum Gasteiger partial charge on any atom is 0.437 e. The van der Waals surface area contributed by atoms with Crippen molar-refractivity contribution in [1.82, 2.24) is 19.6 Å². The molecule has 0 aromatic rings. The van der Waals surface area contributed by atoms with Crippen LogP contribution in [0.3, 0.4) is 0 Å². The summed E-state index contributed by atoms with van der Waals surface area (Å²) in [6.07, 6.45) is -1.16. The van der Waals surface area contributed by atoms with Crippen molar-refractivity contribution in [2.75, 3.05) is 53.4 Å². The molecule has 11 nitrogen and oxygen atoms in total. The summed E-state index contributed by atoms with van der Waals surface area (Å²) in [5, 5.41) is 0. The van der Waals surface area contributed by atoms with Crippen LogP contribution in [-0.4, -0.2) is 114 Å². The Bertz CT molecular complexity index is 784. The number of nitrogens with zero attached hydrogens (tertiary/aromatic N) is 5. The number of hydrogen-bond acceptors (Lipinski definition) is 7. The first-order chi connectivity index (χ1) is 16.3. The molecule has 0 radical (unpaired) electrons. The van der Waals surface area contributed by atoms with Crippen LogP contribution in [0.2, 0.25) is 0 Å². The number of guanidine groups is 1. The summed E-state index contributed by atoms with van der Waals surface area (Å²) in [5.74, 6) is 0.154. The summed E-state index contributed by atoms with van der Waals surface area (Å²) in [4.78, 5) is 49.6. The van der Waals surface area contributed by atoms with Gasteiger partial charge in [-0.25, -0.2) is 19.3 Å². The van der Waals surface area contributed by atoms with Gasteiger partial charge in [0.1, 0.15) is 16.8 Å². The Morgan fingerprint density at radius 3 is 1.64 bits per heavy atom. The van der Waals surface area contributed by atoms with Crippen molar-refractivity contribution in [1.29, 1.82) is 0 Å². The van der Waals surface area contributed by atoms with Crippen molar-refractivity contribution >= 4 is 24.2 Å². The van der Waals surface area contributed by atoms with E-state index in [4.69, 9.17) is 14.2 Å². The van der Waals surface area contributed by atoms with E-state index in [-0.39, 0.29) is 5.96 Å². The van der Waals surface area contributed by atoms with Gasteiger partial charge in [-0.3, -0.25) is 0 Å². The van der Waals surface area contributed by atoms with Crippen molar-refractivity contribution in [3.8, 4) is 0 Å². The number of aliphatic imine (C=N–C) groups is 1. The summed E-state index contributed by atoms with van der Waals surface area (Å²) >= 11 is 0. The summed E-state index contributed by atoms with van der Waals surface area (Å²) in [5.41, 5.74) is -2.08. The number of rotatable bonds is 4. The highest BCUT2D eigenvalue weighted by molar-refractivity contribution is 5.99. The molecule has 0 aliphatic carbocycles. The molecular formula is C25H47N5O6. The Balaban J connectivity index is 3.25. The molecule has 3 amide bonds. The highest BCUT2D eigenvalue weighted by Crippen LogP contribution is 2.17. The van der Waals surface area contributed by atoms with Crippen LogP contribution in [-0.2, 0) is 14.2 Å². The van der Waals surface area contributed by atoms with Gasteiger partial charge < -0.3 is 28.9 Å². The Hall–Kier alpha value is -2.56. The van der Waals surface area contributed by atoms with Crippen molar-refractivity contribution < 1.29 is 28.6 Å². The molecule has 0 spiro atoms. The predicted molar refractivity (Wildman–Crippen MR) is 139 cm³/mol. The summed E-state index contributed by atoms with van der Waals surface area (Å²) < 4.78 is 16.6. The summed E-state index contributed by atoms with van der Waals surface area (Å²) in [6.45, 7) is 18.5. The first-order valence-corrected chi connectivity index (χ1v) is 12.5. The van der Waals surface area contributed by atoms with E-state index in [2.05, 4.69) is 4.99 Å². The van der Waals surface area contributed by atoms with Crippen molar-refractivity contribution in [3.63, 3.8) is 0 Å². The van der Waals surface area contributed by atoms with Gasteiger partial charge in [0.05, 0.1) is 0 Å². The van der Waals surface area contributed by atoms with Crippen LogP contribution in [0.5, 0.6) is 0 Å². The van der Waals surface area contributed by atoms with Gasteiger partial charge in [-0.2, -0.15) is 0 Å². The lowest BCUT2D eigenvalue weighted by Gasteiger charge is -2.39. The number of carbonyl (C=O) groups is 3. The Labute approximate surface area is 216 Å². The van der Waals surface area contributed by atoms with Crippen LogP contribution in [0.25, 0.3) is 0 Å². The molecular weight excluding hydrogens is 466 g/mol. The van der Waals surface area contributed by atoms with Gasteiger partial charge >= 0.3 is 18.3 Å². The molecule has 0 aromatic carbocycles. The topological polar surface area (TPSA) is 104 Å². The van der Waals surface area contributed by atoms with Gasteiger partial charge in [-0.15, -0.1) is 4.99 Å². The monoisotopic (exact) mass is 513 g/mol. The van der Waals surface area contributed by atoms with Crippen LogP contribution < -0.4 is 0 Å². The molecule has 0 atom stereocenters. The Morgan fingerprint density at radius 2 is 1.19 bits per heavy atom. The minimum atomic E-state index is -0.798. The van der Waals surface area contributed by atoms with Gasteiger partial charge in [-0.1, -0.05) is 0 Å². The first kappa shape index (κ1) is 31.5. The third-order valence-electron chi connectivity index (χ3n) is 4.64. The van der Waals surface area contributed by atoms with E-state index in [0.717, 1.165) is 6.54 Å². The SMILES string of the molecule is CN(C)CCCN(C(=O)OC(C)(C)C)/C(=N/C(=O)OC(C)(C)C)N1CCN(C(=O)OC(C)(C)C)CC1. The maximum atomic E-state index is 13.3. The normalized spacial score (nSPS) is 15.6. The van der Waals surface area contributed by atoms with Crippen LogP contribution in [0.15, 0.2) is 4.99 Å². The molecule has 0 unspecified atom stereocenters. The number of ether oxygens (including phenoxy) is 3. The van der Waals surface area contributed by atoms with Gasteiger partial charge in [0, 0.05) is 32.7 Å². The molecule has 1 saturated heterocycles. The molecule has 0 bridgehead atoms. The largest absolute Gasteiger partial charge is 0.444 e. The van der Waals surface area contributed by atoms with Crippen LogP contribution >= 0.6 is 0 Å². The van der Waals surface area contributed by atoms with Gasteiger partial charge in [0.25, 0.3) is 0 Å². The van der Waals surface area contributed by atoms with E-state index >= 15 is 0 Å². The Kier molecular flexibility index (Phi) is 11.0. The van der Waals surface area contributed by atoms with E-state index < -0.39 is 35.1 Å². The highest BCUT2D eigenvalue weighted by Gasteiger charge is 2.34. The zero-order valence-corrected chi connectivity index (χ0v) is 24.1. The fraction of sp³-hybridized carbons (Fsp3) is 0.840. The second-order valence-electron chi connectivity index (χ2n) is 12.1. The molecule has 1 heterocycles. The third-order valence-corrected chi connectivity index (χ3v) is 4.64. The van der Waals surface area contributed by atoms with E-state index in [1.54, 1.807) is 46.4 Å². The summed E-state index contributed by atoms with van der Waals surface area (Å²) in [7, 11) is 3.90. The zero-order chi connectivity index (χ0) is 27.9. The summed E-state index contributed by atoms with van der Waals surface area (Å²) in [6, 6.07) is 0. The standard InChI is InChI=1S/C25H47N5O6/c1-23(2,3)34-20(31)26-19(28-15-17-29(18-16-28)21(32)35-24(4,5)6)30(14-12-13-27(10)11)22(33)36-25(7,8)9/h12-18H2,1-11H3/b26-19+. The number of carbonyl (C=O) groups excluding carboxylic acids is 3. The van der Waals surface area contributed by atoms with Crippen LogP contribution in [0.1, 0.15) is 68.7 Å². The van der Waals surface area contributed by atoms with Crippen molar-refractivity contribution in [3.05, 3.63) is 0 Å². The fourth-order valence-electron chi connectivity index (χ4n) is 3.22. The molecule has 0 aromatic heterocycles. The number of piperazine rings is 1. The predicted octanol–water partition coefficient (Wildman–Crippen LogP) is 4.02. The molecule has 208 valence electrons. The Morgan fingerprint density at radius 1 is 0.722 bits per heavy atom. The molecule has 1 aliphatic heterocycles. The van der Waals surface area contributed by atoms with Crippen LogP contribution in [0.4, 0.5) is 14.4 Å². The minimum absolute atomic E-state index is 0.154. The van der Waals surface area contributed by atoms with E-state index in [9.17, 15) is 14.4 Å². The minimum Gasteiger partial charge on any atom is -0.444 e. The van der Waals surface area contributed by atoms with Crippen LogP contribution in [0, 0.1) is 0 Å². The molecule has 1 rings (SSSR count). The maximum absolute atomic E-state index is 13.3. The lowest BCUT2D eigenvalue weighted by Crippen LogP contribution is -2.57.